The van der Waals surface area contributed by atoms with Crippen molar-refractivity contribution < 1.29 is 4.79 Å². The average Bonchev–Trinajstić information content (AvgIpc) is 2.95. The van der Waals surface area contributed by atoms with E-state index in [4.69, 9.17) is 34.8 Å². The fourth-order valence-corrected chi connectivity index (χ4v) is 4.51. The second kappa shape index (κ2) is 6.25. The number of thiophene rings is 2. The van der Waals surface area contributed by atoms with Crippen molar-refractivity contribution in [3.8, 4) is 0 Å². The van der Waals surface area contributed by atoms with Crippen molar-refractivity contribution in [3.05, 3.63) is 42.1 Å². The summed E-state index contributed by atoms with van der Waals surface area (Å²) in [4.78, 5) is 13.5. The van der Waals surface area contributed by atoms with Gasteiger partial charge in [-0.15, -0.1) is 45.9 Å². The quantitative estimate of drug-likeness (QED) is 0.451. The van der Waals surface area contributed by atoms with E-state index in [1.165, 1.54) is 22.7 Å². The number of hydrogen-bond acceptors (Lipinski definition) is 3. The van der Waals surface area contributed by atoms with Crippen molar-refractivity contribution in [2.45, 2.75) is 10.8 Å². The predicted octanol–water partition coefficient (Wildman–Crippen LogP) is 6.00. The van der Waals surface area contributed by atoms with E-state index in [0.29, 0.717) is 9.21 Å². The Hall–Kier alpha value is 0.420. The second-order valence-electron chi connectivity index (χ2n) is 3.41. The molecule has 0 amide bonds. The number of carbonyl (C=O) groups excluding carboxylic acids is 1. The first-order valence-electron chi connectivity index (χ1n) is 4.82. The Bertz CT molecular complexity index is 566. The standard InChI is InChI=1S/C11H6BrCl3OS2/c12-7-3-1-5(17-7)9(14)10(15)11(16)6-2-4-8(13)18-6/h1-4,9-10H. The van der Waals surface area contributed by atoms with Gasteiger partial charge in [-0.1, -0.05) is 11.6 Å². The van der Waals surface area contributed by atoms with Crippen molar-refractivity contribution >= 4 is 79.2 Å². The molecule has 2 aromatic heterocycles. The summed E-state index contributed by atoms with van der Waals surface area (Å²) in [6, 6.07) is 7.08. The smallest absolute Gasteiger partial charge is 0.192 e. The Morgan fingerprint density at radius 1 is 1.17 bits per heavy atom. The molecule has 0 aliphatic rings. The lowest BCUT2D eigenvalue weighted by Crippen LogP contribution is -2.18. The van der Waals surface area contributed by atoms with Crippen molar-refractivity contribution in [3.63, 3.8) is 0 Å². The van der Waals surface area contributed by atoms with Crippen LogP contribution in [0.2, 0.25) is 4.34 Å². The summed E-state index contributed by atoms with van der Waals surface area (Å²) in [6.45, 7) is 0. The molecule has 2 rings (SSSR count). The summed E-state index contributed by atoms with van der Waals surface area (Å²) >= 11 is 24.2. The molecule has 0 spiro atoms. The molecule has 0 radical (unpaired) electrons. The summed E-state index contributed by atoms with van der Waals surface area (Å²) in [5.41, 5.74) is 0. The predicted molar refractivity (Wildman–Crippen MR) is 83.9 cm³/mol. The fraction of sp³-hybridized carbons (Fsp3) is 0.182. The highest BCUT2D eigenvalue weighted by molar-refractivity contribution is 9.11. The van der Waals surface area contributed by atoms with E-state index in [2.05, 4.69) is 15.9 Å². The van der Waals surface area contributed by atoms with E-state index in [-0.39, 0.29) is 5.78 Å². The van der Waals surface area contributed by atoms with Crippen molar-refractivity contribution in [2.24, 2.45) is 0 Å². The van der Waals surface area contributed by atoms with Crippen LogP contribution in [0, 0.1) is 0 Å². The highest BCUT2D eigenvalue weighted by Gasteiger charge is 2.28. The van der Waals surface area contributed by atoms with E-state index in [1.54, 1.807) is 12.1 Å². The van der Waals surface area contributed by atoms with Gasteiger partial charge in [-0.2, -0.15) is 0 Å². The Morgan fingerprint density at radius 2 is 1.89 bits per heavy atom. The molecular weight excluding hydrogens is 399 g/mol. The lowest BCUT2D eigenvalue weighted by atomic mass is 10.1. The summed E-state index contributed by atoms with van der Waals surface area (Å²) in [6.07, 6.45) is 0. The largest absolute Gasteiger partial charge is 0.292 e. The monoisotopic (exact) mass is 402 g/mol. The molecule has 96 valence electrons. The Kier molecular flexibility index (Phi) is 5.14. The van der Waals surface area contributed by atoms with Crippen LogP contribution in [0.1, 0.15) is 19.9 Å². The molecule has 18 heavy (non-hydrogen) atoms. The van der Waals surface area contributed by atoms with Gasteiger partial charge in [-0.3, -0.25) is 4.79 Å². The molecule has 0 N–H and O–H groups in total. The highest BCUT2D eigenvalue weighted by atomic mass is 79.9. The minimum absolute atomic E-state index is 0.196. The van der Waals surface area contributed by atoms with Crippen LogP contribution in [-0.4, -0.2) is 11.2 Å². The van der Waals surface area contributed by atoms with E-state index in [1.807, 2.05) is 12.1 Å². The van der Waals surface area contributed by atoms with Gasteiger partial charge in [-0.05, 0) is 40.2 Å². The average molecular weight is 405 g/mol. The van der Waals surface area contributed by atoms with Crippen LogP contribution in [0.5, 0.6) is 0 Å². The third-order valence-corrected chi connectivity index (χ3v) is 6.34. The normalized spacial score (nSPS) is 14.4. The number of ketones is 1. The number of Topliss-reactive ketones (excluding diaryl/α,β-unsaturated/α-hetero) is 1. The molecule has 2 atom stereocenters. The topological polar surface area (TPSA) is 17.1 Å². The second-order valence-corrected chi connectivity index (χ2v) is 8.56. The molecule has 0 aliphatic carbocycles. The minimum Gasteiger partial charge on any atom is -0.292 e. The zero-order chi connectivity index (χ0) is 13.3. The van der Waals surface area contributed by atoms with Crippen LogP contribution in [0.3, 0.4) is 0 Å². The van der Waals surface area contributed by atoms with Crippen molar-refractivity contribution in [1.29, 1.82) is 0 Å². The van der Waals surface area contributed by atoms with Gasteiger partial charge >= 0.3 is 0 Å². The van der Waals surface area contributed by atoms with Crippen LogP contribution in [0.4, 0.5) is 0 Å². The number of hydrogen-bond donors (Lipinski definition) is 0. The molecule has 2 heterocycles. The third kappa shape index (κ3) is 3.30. The third-order valence-electron chi connectivity index (χ3n) is 2.19. The lowest BCUT2D eigenvalue weighted by Gasteiger charge is -2.12. The molecule has 0 fully saturated rings. The van der Waals surface area contributed by atoms with Gasteiger partial charge in [0.15, 0.2) is 5.78 Å². The summed E-state index contributed by atoms with van der Waals surface area (Å²) in [7, 11) is 0. The number of carbonyl (C=O) groups is 1. The molecule has 0 saturated heterocycles. The first-order chi connectivity index (χ1) is 8.49. The van der Waals surface area contributed by atoms with Crippen molar-refractivity contribution in [2.75, 3.05) is 0 Å². The van der Waals surface area contributed by atoms with Crippen LogP contribution in [-0.2, 0) is 0 Å². The molecule has 0 aromatic carbocycles. The maximum atomic E-state index is 12.1. The summed E-state index contributed by atoms with van der Waals surface area (Å²) < 4.78 is 1.52. The molecule has 2 unspecified atom stereocenters. The fourth-order valence-electron chi connectivity index (χ4n) is 1.34. The zero-order valence-corrected chi connectivity index (χ0v) is 14.2. The van der Waals surface area contributed by atoms with Crippen LogP contribution >= 0.6 is 73.4 Å². The van der Waals surface area contributed by atoms with E-state index >= 15 is 0 Å². The molecule has 1 nitrogen and oxygen atoms in total. The zero-order valence-electron chi connectivity index (χ0n) is 8.70. The van der Waals surface area contributed by atoms with Gasteiger partial charge < -0.3 is 0 Å². The Morgan fingerprint density at radius 3 is 2.39 bits per heavy atom. The van der Waals surface area contributed by atoms with Crippen LogP contribution in [0.15, 0.2) is 28.1 Å². The maximum Gasteiger partial charge on any atom is 0.192 e. The lowest BCUT2D eigenvalue weighted by molar-refractivity contribution is 0.0989. The van der Waals surface area contributed by atoms with E-state index < -0.39 is 10.8 Å². The van der Waals surface area contributed by atoms with Gasteiger partial charge in [0.05, 0.1) is 18.4 Å². The summed E-state index contributed by atoms with van der Waals surface area (Å²) in [5.74, 6) is -0.196. The van der Waals surface area contributed by atoms with Gasteiger partial charge in [-0.25, -0.2) is 0 Å². The van der Waals surface area contributed by atoms with E-state index in [9.17, 15) is 4.79 Å². The molecule has 0 aliphatic heterocycles. The molecule has 0 saturated carbocycles. The van der Waals surface area contributed by atoms with Crippen molar-refractivity contribution in [1.82, 2.24) is 0 Å². The summed E-state index contributed by atoms with van der Waals surface area (Å²) in [5, 5.41) is -1.34. The van der Waals surface area contributed by atoms with E-state index in [0.717, 1.165) is 8.66 Å². The molecule has 2 aromatic rings. The molecular formula is C11H6BrCl3OS2. The van der Waals surface area contributed by atoms with Gasteiger partial charge in [0.1, 0.15) is 5.38 Å². The first-order valence-corrected chi connectivity index (χ1v) is 8.49. The first kappa shape index (κ1) is 14.8. The van der Waals surface area contributed by atoms with Crippen LogP contribution in [0.25, 0.3) is 0 Å². The van der Waals surface area contributed by atoms with Gasteiger partial charge in [0.2, 0.25) is 0 Å². The maximum absolute atomic E-state index is 12.1. The number of halogens is 4. The van der Waals surface area contributed by atoms with Gasteiger partial charge in [0, 0.05) is 4.88 Å². The van der Waals surface area contributed by atoms with Crippen LogP contribution < -0.4 is 0 Å². The SMILES string of the molecule is O=C(c1ccc(Cl)s1)C(Cl)C(Cl)c1ccc(Br)s1. The highest BCUT2D eigenvalue weighted by Crippen LogP contribution is 2.37. The molecule has 7 heteroatoms. The van der Waals surface area contributed by atoms with Gasteiger partial charge in [0.25, 0.3) is 0 Å². The molecule has 0 bridgehead atoms. The number of rotatable bonds is 4. The Balaban J connectivity index is 2.16. The number of alkyl halides is 2. The Labute approximate surface area is 136 Å². The minimum atomic E-state index is -0.799.